The summed E-state index contributed by atoms with van der Waals surface area (Å²) in [5, 5.41) is 21.6. The maximum Gasteiger partial charge on any atom is 0.230 e. The van der Waals surface area contributed by atoms with Crippen molar-refractivity contribution in [2.24, 2.45) is 7.05 Å². The zero-order chi connectivity index (χ0) is 26.6. The van der Waals surface area contributed by atoms with Crippen LogP contribution in [-0.2, 0) is 24.8 Å². The van der Waals surface area contributed by atoms with Gasteiger partial charge in [-0.1, -0.05) is 24.3 Å². The van der Waals surface area contributed by atoms with E-state index < -0.39 is 0 Å². The molecule has 0 fully saturated rings. The number of aliphatic hydroxyl groups is 1. The van der Waals surface area contributed by atoms with Crippen LogP contribution in [0.2, 0.25) is 0 Å². The maximum absolute atomic E-state index is 13.0. The Morgan fingerprint density at radius 1 is 1.13 bits per heavy atom. The van der Waals surface area contributed by atoms with E-state index in [0.29, 0.717) is 53.6 Å². The van der Waals surface area contributed by atoms with Gasteiger partial charge in [-0.05, 0) is 29.7 Å². The Bertz CT molecular complexity index is 1610. The summed E-state index contributed by atoms with van der Waals surface area (Å²) >= 11 is 0. The molecule has 11 nitrogen and oxygen atoms in total. The fourth-order valence-corrected chi connectivity index (χ4v) is 4.59. The molecule has 0 atom stereocenters. The molecule has 0 aliphatic carbocycles. The summed E-state index contributed by atoms with van der Waals surface area (Å²) in [6, 6.07) is 15.5. The highest BCUT2D eigenvalue weighted by Crippen LogP contribution is 2.35. The van der Waals surface area contributed by atoms with Gasteiger partial charge in [0.15, 0.2) is 5.65 Å². The molecule has 5 N–H and O–H groups in total. The molecule has 0 bridgehead atoms. The number of carbonyl (C=O) groups excluding carboxylic acids is 1. The van der Waals surface area contributed by atoms with Gasteiger partial charge < -0.3 is 30.8 Å². The molecule has 0 unspecified atom stereocenters. The average Bonchev–Trinajstić information content (AvgIpc) is 3.45. The van der Waals surface area contributed by atoms with Gasteiger partial charge in [-0.15, -0.1) is 0 Å². The van der Waals surface area contributed by atoms with Crippen LogP contribution in [0.1, 0.15) is 5.69 Å². The number of nitrogen functional groups attached to an aromatic ring is 1. The van der Waals surface area contributed by atoms with Crippen molar-refractivity contribution in [3.63, 3.8) is 0 Å². The highest BCUT2D eigenvalue weighted by atomic mass is 16.5. The van der Waals surface area contributed by atoms with Crippen LogP contribution in [0.5, 0.6) is 5.75 Å². The average molecular weight is 515 g/mol. The van der Waals surface area contributed by atoms with E-state index in [1.807, 2.05) is 54.1 Å². The second-order valence-electron chi connectivity index (χ2n) is 8.90. The van der Waals surface area contributed by atoms with E-state index in [9.17, 15) is 4.79 Å². The number of hydrogen-bond donors (Lipinski definition) is 4. The van der Waals surface area contributed by atoms with Crippen molar-refractivity contribution < 1.29 is 14.6 Å². The quantitative estimate of drug-likeness (QED) is 0.208. The fraction of sp³-hybridized carbons (Fsp3) is 0.259. The minimum absolute atomic E-state index is 0.0604. The van der Waals surface area contributed by atoms with Crippen molar-refractivity contribution in [1.82, 2.24) is 29.6 Å². The third-order valence-electron chi connectivity index (χ3n) is 6.49. The molecule has 0 spiro atoms. The lowest BCUT2D eigenvalue weighted by atomic mass is 10.1. The van der Waals surface area contributed by atoms with Crippen LogP contribution in [0, 0.1) is 0 Å². The smallest absolute Gasteiger partial charge is 0.230 e. The first-order chi connectivity index (χ1) is 18.5. The molecule has 0 radical (unpaired) electrons. The molecule has 3 aromatic heterocycles. The van der Waals surface area contributed by atoms with E-state index in [1.165, 1.54) is 6.33 Å². The number of nitrogens with two attached hydrogens (primary N) is 1. The number of aliphatic hydroxyl groups excluding tert-OH is 1. The number of anilines is 2. The predicted octanol–water partition coefficient (Wildman–Crippen LogP) is 2.34. The normalized spacial score (nSPS) is 11.3. The van der Waals surface area contributed by atoms with Crippen molar-refractivity contribution in [1.29, 1.82) is 0 Å². The van der Waals surface area contributed by atoms with Crippen molar-refractivity contribution in [3.05, 3.63) is 60.6 Å². The van der Waals surface area contributed by atoms with Gasteiger partial charge in [0.25, 0.3) is 0 Å². The molecule has 0 aliphatic rings. The van der Waals surface area contributed by atoms with Gasteiger partial charge in [-0.25, -0.2) is 14.6 Å². The van der Waals surface area contributed by atoms with Gasteiger partial charge in [0.1, 0.15) is 23.6 Å². The van der Waals surface area contributed by atoms with Gasteiger partial charge in [-0.2, -0.15) is 5.10 Å². The standard InChI is InChI=1S/C27H30N8O3/c1-34-19(13-17-5-3-4-6-21(17)34)15-23(37)32-20-8-7-18(14-22(20)38-2)25-24-26(28)30-16-31-27(24)35(33-25)11-9-29-10-12-36/h3-8,13-14,16,29,36H,9-12,15H2,1-2H3,(H,32,37)(H2,28,30,31). The molecule has 1 amide bonds. The van der Waals surface area contributed by atoms with Crippen molar-refractivity contribution in [3.8, 4) is 17.0 Å². The zero-order valence-corrected chi connectivity index (χ0v) is 21.3. The summed E-state index contributed by atoms with van der Waals surface area (Å²) in [7, 11) is 3.52. The summed E-state index contributed by atoms with van der Waals surface area (Å²) in [5.41, 5.74) is 10.8. The number of carbonyl (C=O) groups is 1. The second kappa shape index (κ2) is 10.9. The number of para-hydroxylation sites is 1. The SMILES string of the molecule is COc1cc(-c2nn(CCNCCO)c3ncnc(N)c23)ccc1NC(=O)Cc1cc2ccccc2n1C. The number of benzene rings is 2. The first kappa shape index (κ1) is 25.2. The first-order valence-electron chi connectivity index (χ1n) is 12.3. The van der Waals surface area contributed by atoms with Crippen LogP contribution < -0.4 is 21.1 Å². The summed E-state index contributed by atoms with van der Waals surface area (Å²) < 4.78 is 9.41. The lowest BCUT2D eigenvalue weighted by Gasteiger charge is -2.12. The monoisotopic (exact) mass is 514 g/mol. The Morgan fingerprint density at radius 3 is 2.76 bits per heavy atom. The molecule has 2 aromatic carbocycles. The Morgan fingerprint density at radius 2 is 1.97 bits per heavy atom. The Labute approximate surface area is 219 Å². The number of aryl methyl sites for hydroxylation is 1. The highest BCUT2D eigenvalue weighted by Gasteiger charge is 2.19. The fourth-order valence-electron chi connectivity index (χ4n) is 4.59. The van der Waals surface area contributed by atoms with E-state index in [4.69, 9.17) is 20.7 Å². The number of nitrogens with one attached hydrogen (secondary N) is 2. The lowest BCUT2D eigenvalue weighted by Crippen LogP contribution is -2.23. The molecule has 0 aliphatic heterocycles. The van der Waals surface area contributed by atoms with Gasteiger partial charge in [0.05, 0.1) is 37.8 Å². The molecule has 5 aromatic rings. The third-order valence-corrected chi connectivity index (χ3v) is 6.49. The van der Waals surface area contributed by atoms with Gasteiger partial charge in [-0.3, -0.25) is 4.79 Å². The number of rotatable bonds is 10. The van der Waals surface area contributed by atoms with Crippen molar-refractivity contribution >= 4 is 39.3 Å². The number of hydrogen-bond acceptors (Lipinski definition) is 8. The predicted molar refractivity (Wildman–Crippen MR) is 147 cm³/mol. The number of nitrogens with zero attached hydrogens (tertiary/aromatic N) is 5. The van der Waals surface area contributed by atoms with Crippen LogP contribution in [0.3, 0.4) is 0 Å². The van der Waals surface area contributed by atoms with Crippen molar-refractivity contribution in [2.75, 3.05) is 37.9 Å². The summed E-state index contributed by atoms with van der Waals surface area (Å²) in [6.45, 7) is 1.69. The topological polar surface area (TPSA) is 145 Å². The summed E-state index contributed by atoms with van der Waals surface area (Å²) in [6.07, 6.45) is 1.64. The van der Waals surface area contributed by atoms with Crippen LogP contribution in [0.4, 0.5) is 11.5 Å². The first-order valence-corrected chi connectivity index (χ1v) is 12.3. The number of methoxy groups -OCH3 is 1. The lowest BCUT2D eigenvalue weighted by molar-refractivity contribution is -0.115. The number of fused-ring (bicyclic) bond motifs is 2. The van der Waals surface area contributed by atoms with Gasteiger partial charge >= 0.3 is 0 Å². The molecule has 3 heterocycles. The Kier molecular flexibility index (Phi) is 7.20. The molecule has 11 heteroatoms. The molecule has 38 heavy (non-hydrogen) atoms. The Balaban J connectivity index is 1.40. The van der Waals surface area contributed by atoms with E-state index >= 15 is 0 Å². The largest absolute Gasteiger partial charge is 0.495 e. The molecule has 0 saturated carbocycles. The molecule has 196 valence electrons. The number of aromatic nitrogens is 5. The second-order valence-corrected chi connectivity index (χ2v) is 8.90. The molecular formula is C27H30N8O3. The van der Waals surface area contributed by atoms with Gasteiger partial charge in [0.2, 0.25) is 5.91 Å². The number of ether oxygens (including phenoxy) is 1. The van der Waals surface area contributed by atoms with E-state index in [1.54, 1.807) is 17.9 Å². The van der Waals surface area contributed by atoms with Crippen LogP contribution in [0.15, 0.2) is 54.9 Å². The number of amides is 1. The van der Waals surface area contributed by atoms with Crippen molar-refractivity contribution in [2.45, 2.75) is 13.0 Å². The van der Waals surface area contributed by atoms with Crippen LogP contribution in [0.25, 0.3) is 33.2 Å². The Hall–Kier alpha value is -4.48. The molecular weight excluding hydrogens is 484 g/mol. The highest BCUT2D eigenvalue weighted by molar-refractivity contribution is 5.99. The van der Waals surface area contributed by atoms with E-state index in [-0.39, 0.29) is 18.9 Å². The van der Waals surface area contributed by atoms with Gasteiger partial charge in [0, 0.05) is 36.9 Å². The third kappa shape index (κ3) is 4.89. The van der Waals surface area contributed by atoms with Crippen LogP contribution in [-0.4, -0.2) is 62.1 Å². The molecule has 0 saturated heterocycles. The zero-order valence-electron chi connectivity index (χ0n) is 21.3. The minimum Gasteiger partial charge on any atom is -0.495 e. The van der Waals surface area contributed by atoms with E-state index in [0.717, 1.165) is 22.2 Å². The van der Waals surface area contributed by atoms with E-state index in [2.05, 4.69) is 20.6 Å². The summed E-state index contributed by atoms with van der Waals surface area (Å²) in [5.74, 6) is 0.672. The summed E-state index contributed by atoms with van der Waals surface area (Å²) in [4.78, 5) is 21.5. The van der Waals surface area contributed by atoms with Crippen LogP contribution >= 0.6 is 0 Å². The minimum atomic E-state index is -0.148. The molecule has 5 rings (SSSR count). The maximum atomic E-state index is 13.0.